The molecule has 2 rings (SSSR count). The molecule has 0 bridgehead atoms. The molecule has 0 aliphatic rings. The standard InChI is InChI=1S/C22H18BF10P/c1-21(2,3)34(22(4,5)6)8-7-23(9-11(24)15(28)19(32)16(29)12(9)25)10-13(26)17(30)20(33)18(31)14(10)27/h1-6H3. The van der Waals surface area contributed by atoms with Crippen LogP contribution >= 0.6 is 7.92 Å². The van der Waals surface area contributed by atoms with Crippen molar-refractivity contribution in [2.24, 2.45) is 0 Å². The minimum Gasteiger partial charge on any atom is -0.204 e. The number of benzene rings is 2. The van der Waals surface area contributed by atoms with E-state index in [4.69, 9.17) is 0 Å². The van der Waals surface area contributed by atoms with E-state index < -0.39 is 94.0 Å². The minimum absolute atomic E-state index is 0.613. The Morgan fingerprint density at radius 1 is 0.471 bits per heavy atom. The van der Waals surface area contributed by atoms with E-state index in [2.05, 4.69) is 11.5 Å². The van der Waals surface area contributed by atoms with E-state index in [1.165, 1.54) is 0 Å². The van der Waals surface area contributed by atoms with Gasteiger partial charge in [0.15, 0.2) is 58.2 Å². The SMILES string of the molecule is CC(C)(C)P(C#CB(c1c(F)c(F)c(F)c(F)c1F)c1c(F)c(F)c(F)c(F)c1F)C(C)(C)C. The lowest BCUT2D eigenvalue weighted by atomic mass is 9.40. The van der Waals surface area contributed by atoms with Gasteiger partial charge in [-0.3, -0.25) is 0 Å². The molecule has 2 aromatic carbocycles. The maximum absolute atomic E-state index is 14.6. The summed E-state index contributed by atoms with van der Waals surface area (Å²) >= 11 is 0. The largest absolute Gasteiger partial charge is 0.310 e. The van der Waals surface area contributed by atoms with Gasteiger partial charge in [0.1, 0.15) is 0 Å². The summed E-state index contributed by atoms with van der Waals surface area (Å²) in [7, 11) is -1.51. The van der Waals surface area contributed by atoms with Crippen molar-refractivity contribution in [2.45, 2.75) is 51.9 Å². The van der Waals surface area contributed by atoms with Crippen molar-refractivity contribution in [3.05, 3.63) is 58.2 Å². The second kappa shape index (κ2) is 9.45. The fourth-order valence-electron chi connectivity index (χ4n) is 3.51. The van der Waals surface area contributed by atoms with Crippen LogP contribution in [0.5, 0.6) is 0 Å². The molecule has 34 heavy (non-hydrogen) atoms. The minimum atomic E-state index is -2.70. The van der Waals surface area contributed by atoms with Gasteiger partial charge in [0.05, 0.1) is 0 Å². The fraction of sp³-hybridized carbons (Fsp3) is 0.364. The van der Waals surface area contributed by atoms with Gasteiger partial charge in [-0.25, -0.2) is 43.9 Å². The number of halogens is 10. The van der Waals surface area contributed by atoms with Crippen LogP contribution in [0.2, 0.25) is 0 Å². The van der Waals surface area contributed by atoms with Crippen molar-refractivity contribution in [2.75, 3.05) is 0 Å². The maximum Gasteiger partial charge on any atom is 0.310 e. The molecule has 2 aromatic rings. The lowest BCUT2D eigenvalue weighted by Gasteiger charge is -2.37. The second-order valence-electron chi connectivity index (χ2n) is 9.33. The highest BCUT2D eigenvalue weighted by Gasteiger charge is 2.40. The van der Waals surface area contributed by atoms with Crippen molar-refractivity contribution >= 4 is 25.6 Å². The fourth-order valence-corrected chi connectivity index (χ4v) is 6.45. The highest BCUT2D eigenvalue weighted by molar-refractivity contribution is 7.66. The van der Waals surface area contributed by atoms with Crippen LogP contribution in [0.4, 0.5) is 43.9 Å². The van der Waals surface area contributed by atoms with Crippen molar-refractivity contribution in [1.29, 1.82) is 0 Å². The van der Waals surface area contributed by atoms with Gasteiger partial charge in [-0.1, -0.05) is 47.2 Å². The molecule has 0 radical (unpaired) electrons. The summed E-state index contributed by atoms with van der Waals surface area (Å²) in [5.74, 6) is -22.9. The third kappa shape index (κ3) is 4.93. The van der Waals surface area contributed by atoms with Crippen LogP contribution < -0.4 is 10.9 Å². The molecular formula is C22H18BF10P. The van der Waals surface area contributed by atoms with Gasteiger partial charge in [-0.15, -0.1) is 5.82 Å². The van der Waals surface area contributed by atoms with Gasteiger partial charge < -0.3 is 0 Å². The Hall–Kier alpha value is -2.21. The zero-order chi connectivity index (χ0) is 26.5. The topological polar surface area (TPSA) is 0 Å². The Labute approximate surface area is 191 Å². The number of rotatable bonds is 2. The summed E-state index contributed by atoms with van der Waals surface area (Å²) in [6, 6.07) is 0. The molecule has 0 heterocycles. The van der Waals surface area contributed by atoms with Gasteiger partial charge in [-0.05, 0) is 18.2 Å². The first kappa shape index (κ1) is 28.0. The first-order valence-corrected chi connectivity index (χ1v) is 11.0. The summed E-state index contributed by atoms with van der Waals surface area (Å²) in [6.07, 6.45) is 0. The van der Waals surface area contributed by atoms with Crippen LogP contribution in [0, 0.1) is 69.7 Å². The Kier molecular flexibility index (Phi) is 7.79. The lowest BCUT2D eigenvalue weighted by Crippen LogP contribution is -2.50. The van der Waals surface area contributed by atoms with Gasteiger partial charge >= 0.3 is 6.71 Å². The monoisotopic (exact) mass is 514 g/mol. The van der Waals surface area contributed by atoms with Crippen molar-refractivity contribution < 1.29 is 43.9 Å². The van der Waals surface area contributed by atoms with E-state index in [9.17, 15) is 43.9 Å². The van der Waals surface area contributed by atoms with Gasteiger partial charge in [0.25, 0.3) is 0 Å². The van der Waals surface area contributed by atoms with Crippen LogP contribution in [0.3, 0.4) is 0 Å². The van der Waals surface area contributed by atoms with Crippen LogP contribution in [0.15, 0.2) is 0 Å². The Morgan fingerprint density at radius 3 is 0.941 bits per heavy atom. The highest BCUT2D eigenvalue weighted by atomic mass is 31.1. The Balaban J connectivity index is 3.06. The summed E-state index contributed by atoms with van der Waals surface area (Å²) in [6.45, 7) is 7.66. The number of hydrogen-bond acceptors (Lipinski definition) is 0. The molecule has 0 aromatic heterocycles. The molecule has 0 saturated heterocycles. The zero-order valence-electron chi connectivity index (χ0n) is 18.8. The molecule has 0 amide bonds. The van der Waals surface area contributed by atoms with E-state index in [-0.39, 0.29) is 0 Å². The van der Waals surface area contributed by atoms with Gasteiger partial charge in [0, 0.05) is 10.9 Å². The molecule has 12 heteroatoms. The predicted octanol–water partition coefficient (Wildman–Crippen LogP) is 6.27. The molecule has 0 fully saturated rings. The summed E-state index contributed by atoms with van der Waals surface area (Å²) in [5, 5.41) is -1.23. The second-order valence-corrected chi connectivity index (χ2v) is 12.9. The lowest BCUT2D eigenvalue weighted by molar-refractivity contribution is 0.382. The van der Waals surface area contributed by atoms with Crippen LogP contribution in [0.1, 0.15) is 41.5 Å². The Morgan fingerprint density at radius 2 is 0.706 bits per heavy atom. The van der Waals surface area contributed by atoms with Crippen LogP contribution in [0.25, 0.3) is 0 Å². The molecule has 0 nitrogen and oxygen atoms in total. The molecule has 0 aliphatic carbocycles. The predicted molar refractivity (Wildman–Crippen MR) is 112 cm³/mol. The third-order valence-electron chi connectivity index (χ3n) is 4.73. The zero-order valence-corrected chi connectivity index (χ0v) is 19.7. The van der Waals surface area contributed by atoms with Crippen molar-refractivity contribution in [3.8, 4) is 11.5 Å². The van der Waals surface area contributed by atoms with Crippen molar-refractivity contribution in [1.82, 2.24) is 0 Å². The third-order valence-corrected chi connectivity index (χ3v) is 7.76. The summed E-state index contributed by atoms with van der Waals surface area (Å²) in [5.41, 5.74) is -1.07. The molecule has 184 valence electrons. The maximum atomic E-state index is 14.6. The normalized spacial score (nSPS) is 12.1. The molecule has 0 atom stereocenters. The van der Waals surface area contributed by atoms with E-state index in [1.54, 1.807) is 41.5 Å². The average Bonchev–Trinajstić information content (AvgIpc) is 2.71. The first-order chi connectivity index (χ1) is 15.3. The summed E-state index contributed by atoms with van der Waals surface area (Å²) < 4.78 is 141. The van der Waals surface area contributed by atoms with Gasteiger partial charge in [-0.2, -0.15) is 0 Å². The van der Waals surface area contributed by atoms with E-state index in [1.807, 2.05) is 0 Å². The molecule has 0 aliphatic heterocycles. The van der Waals surface area contributed by atoms with Crippen molar-refractivity contribution in [3.63, 3.8) is 0 Å². The molecule has 0 saturated carbocycles. The number of hydrogen-bond donors (Lipinski definition) is 0. The van der Waals surface area contributed by atoms with Crippen LogP contribution in [-0.4, -0.2) is 17.0 Å². The van der Waals surface area contributed by atoms with E-state index >= 15 is 0 Å². The Bertz CT molecular complexity index is 1060. The molecule has 0 unspecified atom stereocenters. The molecular weight excluding hydrogens is 496 g/mol. The van der Waals surface area contributed by atoms with E-state index in [0.717, 1.165) is 0 Å². The quantitative estimate of drug-likeness (QED) is 0.111. The van der Waals surface area contributed by atoms with Gasteiger partial charge in [0.2, 0.25) is 0 Å². The molecule has 0 N–H and O–H groups in total. The average molecular weight is 514 g/mol. The summed E-state index contributed by atoms with van der Waals surface area (Å²) in [4.78, 5) is 0. The van der Waals surface area contributed by atoms with Crippen LogP contribution in [-0.2, 0) is 0 Å². The molecule has 0 spiro atoms. The van der Waals surface area contributed by atoms with E-state index in [0.29, 0.717) is 0 Å². The first-order valence-electron chi connectivity index (χ1n) is 9.68. The smallest absolute Gasteiger partial charge is 0.204 e. The highest BCUT2D eigenvalue weighted by Crippen LogP contribution is 2.58.